The predicted octanol–water partition coefficient (Wildman–Crippen LogP) is 3.96. The number of benzene rings is 2. The van der Waals surface area contributed by atoms with E-state index < -0.39 is 17.7 Å². The van der Waals surface area contributed by atoms with Crippen molar-refractivity contribution in [3.8, 4) is 0 Å². The minimum absolute atomic E-state index is 0.0172. The lowest BCUT2D eigenvalue weighted by Gasteiger charge is -2.28. The summed E-state index contributed by atoms with van der Waals surface area (Å²) in [5.74, 6) is -0.765. The van der Waals surface area contributed by atoms with Gasteiger partial charge in [0.05, 0.1) is 5.70 Å². The first-order valence-electron chi connectivity index (χ1n) is 8.31. The molecular formula is C19H15Cl2F3N2O3. The van der Waals surface area contributed by atoms with Crippen LogP contribution in [0.25, 0.3) is 5.70 Å². The van der Waals surface area contributed by atoms with Crippen LogP contribution in [0.15, 0.2) is 42.5 Å². The van der Waals surface area contributed by atoms with E-state index in [-0.39, 0.29) is 45.5 Å². The molecule has 1 amide bonds. The van der Waals surface area contributed by atoms with Crippen molar-refractivity contribution in [2.45, 2.75) is 18.2 Å². The lowest BCUT2D eigenvalue weighted by Crippen LogP contribution is -2.42. The standard InChI is InChI=1S/C19H15Cl2F3N2O3/c20-13-6-12(7-14(21)8-13)18(19(22,23)24)9-16(26-29-18)11-2-1-10(3-4-27)15(5-11)17(25)28/h1-2,5-9,26-27H,3-4H2,(H2,25,28). The van der Waals surface area contributed by atoms with Crippen LogP contribution in [0.4, 0.5) is 13.2 Å². The summed E-state index contributed by atoms with van der Waals surface area (Å²) in [6, 6.07) is 7.88. The quantitative estimate of drug-likeness (QED) is 0.648. The average molecular weight is 447 g/mol. The number of hydrogen-bond acceptors (Lipinski definition) is 4. The summed E-state index contributed by atoms with van der Waals surface area (Å²) >= 11 is 11.8. The molecule has 0 fully saturated rings. The normalized spacial score (nSPS) is 19.0. The molecule has 1 aliphatic heterocycles. The summed E-state index contributed by atoms with van der Waals surface area (Å²) in [6.07, 6.45) is -3.82. The van der Waals surface area contributed by atoms with Crippen LogP contribution in [0.5, 0.6) is 0 Å². The lowest BCUT2D eigenvalue weighted by molar-refractivity contribution is -0.269. The number of halogens is 5. The number of aliphatic hydroxyl groups is 1. The summed E-state index contributed by atoms with van der Waals surface area (Å²) in [5.41, 5.74) is 5.29. The van der Waals surface area contributed by atoms with Crippen molar-refractivity contribution >= 4 is 34.8 Å². The monoisotopic (exact) mass is 446 g/mol. The van der Waals surface area contributed by atoms with E-state index in [9.17, 15) is 18.0 Å². The van der Waals surface area contributed by atoms with Gasteiger partial charge in [-0.25, -0.2) is 0 Å². The molecule has 5 nitrogen and oxygen atoms in total. The van der Waals surface area contributed by atoms with Crippen LogP contribution < -0.4 is 11.2 Å². The van der Waals surface area contributed by atoms with Gasteiger partial charge < -0.3 is 10.8 Å². The van der Waals surface area contributed by atoms with Gasteiger partial charge in [-0.3, -0.25) is 15.1 Å². The van der Waals surface area contributed by atoms with Crippen LogP contribution in [0.2, 0.25) is 10.0 Å². The fraction of sp³-hybridized carbons (Fsp3) is 0.211. The third-order valence-corrected chi connectivity index (χ3v) is 4.89. The van der Waals surface area contributed by atoms with E-state index in [1.54, 1.807) is 0 Å². The summed E-state index contributed by atoms with van der Waals surface area (Å²) in [7, 11) is 0. The molecule has 154 valence electrons. The highest BCUT2D eigenvalue weighted by Gasteiger charge is 2.59. The van der Waals surface area contributed by atoms with Crippen LogP contribution >= 0.6 is 23.2 Å². The van der Waals surface area contributed by atoms with Crippen molar-refractivity contribution in [2.75, 3.05) is 6.61 Å². The Hall–Kier alpha value is -2.26. The third-order valence-electron chi connectivity index (χ3n) is 4.45. The number of carbonyl (C=O) groups is 1. The van der Waals surface area contributed by atoms with Crippen molar-refractivity contribution in [1.29, 1.82) is 0 Å². The Morgan fingerprint density at radius 3 is 2.38 bits per heavy atom. The average Bonchev–Trinajstić information content (AvgIpc) is 3.08. The molecular weight excluding hydrogens is 432 g/mol. The molecule has 0 spiro atoms. The predicted molar refractivity (Wildman–Crippen MR) is 102 cm³/mol. The molecule has 0 aliphatic carbocycles. The van der Waals surface area contributed by atoms with Crippen molar-refractivity contribution in [2.24, 2.45) is 5.73 Å². The molecule has 0 bridgehead atoms. The highest BCUT2D eigenvalue weighted by Crippen LogP contribution is 2.48. The SMILES string of the molecule is NC(=O)c1cc(C2=CC(c3cc(Cl)cc(Cl)c3)(C(F)(F)F)ON2)ccc1CCO. The van der Waals surface area contributed by atoms with Crippen molar-refractivity contribution in [3.05, 3.63) is 74.8 Å². The number of aliphatic hydroxyl groups excluding tert-OH is 1. The Morgan fingerprint density at radius 1 is 1.17 bits per heavy atom. The number of primary amides is 1. The van der Waals surface area contributed by atoms with Gasteiger partial charge in [-0.1, -0.05) is 35.3 Å². The van der Waals surface area contributed by atoms with E-state index in [0.717, 1.165) is 18.2 Å². The zero-order chi connectivity index (χ0) is 21.4. The Bertz CT molecular complexity index is 975. The highest BCUT2D eigenvalue weighted by atomic mass is 35.5. The summed E-state index contributed by atoms with van der Waals surface area (Å²) in [5, 5.41) is 9.13. The van der Waals surface area contributed by atoms with Crippen LogP contribution in [0.1, 0.15) is 27.0 Å². The molecule has 10 heteroatoms. The van der Waals surface area contributed by atoms with Gasteiger partial charge in [-0.15, -0.1) is 0 Å². The number of hydrogen-bond donors (Lipinski definition) is 3. The second-order valence-corrected chi connectivity index (χ2v) is 7.24. The molecule has 4 N–H and O–H groups in total. The summed E-state index contributed by atoms with van der Waals surface area (Å²) in [6.45, 7) is -0.212. The van der Waals surface area contributed by atoms with Crippen LogP contribution in [-0.4, -0.2) is 23.8 Å². The van der Waals surface area contributed by atoms with Crippen LogP contribution in [0, 0.1) is 0 Å². The Labute approximate surface area is 173 Å². The van der Waals surface area contributed by atoms with E-state index in [1.165, 1.54) is 24.3 Å². The van der Waals surface area contributed by atoms with Crippen LogP contribution in [-0.2, 0) is 16.9 Å². The Balaban J connectivity index is 2.13. The lowest BCUT2D eigenvalue weighted by atomic mass is 9.91. The molecule has 0 radical (unpaired) electrons. The fourth-order valence-corrected chi connectivity index (χ4v) is 3.59. The number of alkyl halides is 3. The maximum absolute atomic E-state index is 14.0. The Morgan fingerprint density at radius 2 is 1.83 bits per heavy atom. The van der Waals surface area contributed by atoms with E-state index in [4.69, 9.17) is 38.9 Å². The van der Waals surface area contributed by atoms with E-state index in [1.807, 2.05) is 0 Å². The minimum atomic E-state index is -4.85. The first-order valence-corrected chi connectivity index (χ1v) is 9.07. The Kier molecular flexibility index (Phi) is 5.82. The van der Waals surface area contributed by atoms with Gasteiger partial charge in [0.2, 0.25) is 11.5 Å². The number of nitrogens with one attached hydrogen (secondary N) is 1. The smallest absolute Gasteiger partial charge is 0.396 e. The van der Waals surface area contributed by atoms with Gasteiger partial charge in [0.25, 0.3) is 0 Å². The van der Waals surface area contributed by atoms with Crippen LogP contribution in [0.3, 0.4) is 0 Å². The van der Waals surface area contributed by atoms with Gasteiger partial charge in [0, 0.05) is 33.3 Å². The van der Waals surface area contributed by atoms with Crippen molar-refractivity contribution in [1.82, 2.24) is 5.48 Å². The number of nitrogens with two attached hydrogens (primary N) is 1. The summed E-state index contributed by atoms with van der Waals surface area (Å²) in [4.78, 5) is 16.7. The molecule has 1 atom stereocenters. The number of amides is 1. The second-order valence-electron chi connectivity index (χ2n) is 6.36. The fourth-order valence-electron chi connectivity index (χ4n) is 3.07. The largest absolute Gasteiger partial charge is 0.428 e. The topological polar surface area (TPSA) is 84.6 Å². The molecule has 1 heterocycles. The van der Waals surface area contributed by atoms with Gasteiger partial charge in [-0.05, 0) is 42.3 Å². The molecule has 0 saturated heterocycles. The zero-order valence-corrected chi connectivity index (χ0v) is 16.2. The van der Waals surface area contributed by atoms with Gasteiger partial charge in [0.1, 0.15) is 0 Å². The van der Waals surface area contributed by atoms with Gasteiger partial charge in [0.15, 0.2) is 0 Å². The second kappa shape index (κ2) is 7.87. The highest BCUT2D eigenvalue weighted by molar-refractivity contribution is 6.34. The third kappa shape index (κ3) is 4.06. The molecule has 3 rings (SSSR count). The molecule has 1 unspecified atom stereocenters. The first kappa shape index (κ1) is 21.4. The minimum Gasteiger partial charge on any atom is -0.396 e. The molecule has 2 aromatic rings. The number of carbonyl (C=O) groups excluding carboxylic acids is 1. The van der Waals surface area contributed by atoms with Gasteiger partial charge >= 0.3 is 6.18 Å². The maximum atomic E-state index is 14.0. The van der Waals surface area contributed by atoms with E-state index >= 15 is 0 Å². The molecule has 2 aromatic carbocycles. The van der Waals surface area contributed by atoms with E-state index in [2.05, 4.69) is 5.48 Å². The first-order chi connectivity index (χ1) is 13.6. The van der Waals surface area contributed by atoms with E-state index in [0.29, 0.717) is 5.56 Å². The van der Waals surface area contributed by atoms with Crippen molar-refractivity contribution in [3.63, 3.8) is 0 Å². The van der Waals surface area contributed by atoms with Gasteiger partial charge in [-0.2, -0.15) is 13.2 Å². The number of rotatable bonds is 5. The summed E-state index contributed by atoms with van der Waals surface area (Å²) < 4.78 is 42.1. The molecule has 0 saturated carbocycles. The van der Waals surface area contributed by atoms with Crippen molar-refractivity contribution < 1.29 is 27.9 Å². The number of hydroxylamine groups is 1. The molecule has 1 aliphatic rings. The molecule has 0 aromatic heterocycles. The maximum Gasteiger partial charge on any atom is 0.428 e. The molecule has 29 heavy (non-hydrogen) atoms. The zero-order valence-electron chi connectivity index (χ0n) is 14.7.